The van der Waals surface area contributed by atoms with Crippen molar-refractivity contribution in [2.45, 2.75) is 45.1 Å². The van der Waals surface area contributed by atoms with Crippen molar-refractivity contribution in [3.05, 3.63) is 11.9 Å². The second kappa shape index (κ2) is 7.17. The Morgan fingerprint density at radius 2 is 2.17 bits per heavy atom. The maximum absolute atomic E-state index is 5.88. The Hall–Kier alpha value is -2.15. The Balaban J connectivity index is 1.99. The normalized spacial score (nSPS) is 18.1. The number of nitrogens with one attached hydrogen (secondary N) is 1. The molecule has 7 nitrogen and oxygen atoms in total. The first-order valence-corrected chi connectivity index (χ1v) is 8.46. The topological polar surface area (TPSA) is 95.2 Å². The molecule has 0 saturated carbocycles. The first-order chi connectivity index (χ1) is 11.6. The number of aromatic nitrogens is 3. The molecule has 3 N–H and O–H groups in total. The van der Waals surface area contributed by atoms with Crippen LogP contribution in [0.5, 0.6) is 5.88 Å². The quantitative estimate of drug-likeness (QED) is 0.869. The van der Waals surface area contributed by atoms with E-state index in [0.717, 1.165) is 42.0 Å². The van der Waals surface area contributed by atoms with E-state index in [2.05, 4.69) is 34.1 Å². The zero-order chi connectivity index (χ0) is 17.1. The van der Waals surface area contributed by atoms with Crippen LogP contribution in [-0.4, -0.2) is 41.3 Å². The van der Waals surface area contributed by atoms with Gasteiger partial charge < -0.3 is 20.5 Å². The summed E-state index contributed by atoms with van der Waals surface area (Å²) >= 11 is 0. The lowest BCUT2D eigenvalue weighted by Gasteiger charge is -2.23. The summed E-state index contributed by atoms with van der Waals surface area (Å²) in [6.45, 7) is 5.67. The van der Waals surface area contributed by atoms with Crippen LogP contribution in [-0.2, 0) is 4.74 Å². The van der Waals surface area contributed by atoms with E-state index in [1.165, 1.54) is 6.42 Å². The number of nitrogen functional groups attached to an aromatic ring is 1. The smallest absolute Gasteiger partial charge is 0.228 e. The van der Waals surface area contributed by atoms with Crippen LogP contribution in [0.1, 0.15) is 44.9 Å². The van der Waals surface area contributed by atoms with E-state index in [1.807, 2.05) is 0 Å². The molecule has 1 aliphatic heterocycles. The summed E-state index contributed by atoms with van der Waals surface area (Å²) in [5.41, 5.74) is 6.62. The van der Waals surface area contributed by atoms with Crippen LogP contribution >= 0.6 is 0 Å². The van der Waals surface area contributed by atoms with Gasteiger partial charge in [0.15, 0.2) is 0 Å². The molecule has 1 atom stereocenters. The number of ether oxygens (including phenoxy) is 2. The molecule has 1 unspecified atom stereocenters. The van der Waals surface area contributed by atoms with Crippen LogP contribution in [0.15, 0.2) is 6.07 Å². The van der Waals surface area contributed by atoms with E-state index in [1.54, 1.807) is 13.2 Å². The van der Waals surface area contributed by atoms with Gasteiger partial charge in [-0.25, -0.2) is 9.97 Å². The van der Waals surface area contributed by atoms with Gasteiger partial charge in [0, 0.05) is 25.1 Å². The molecule has 130 valence electrons. The molecule has 0 bridgehead atoms. The van der Waals surface area contributed by atoms with Gasteiger partial charge in [-0.05, 0) is 19.3 Å². The summed E-state index contributed by atoms with van der Waals surface area (Å²) in [5, 5.41) is 4.17. The van der Waals surface area contributed by atoms with Gasteiger partial charge >= 0.3 is 0 Å². The first kappa shape index (κ1) is 16.7. The molecule has 2 aromatic heterocycles. The number of pyridine rings is 1. The van der Waals surface area contributed by atoms with E-state index in [0.29, 0.717) is 18.2 Å². The summed E-state index contributed by atoms with van der Waals surface area (Å²) in [6, 6.07) is 1.76. The van der Waals surface area contributed by atoms with Crippen LogP contribution in [0.2, 0.25) is 0 Å². The van der Waals surface area contributed by atoms with Crippen molar-refractivity contribution >= 4 is 22.5 Å². The van der Waals surface area contributed by atoms with E-state index < -0.39 is 0 Å². The van der Waals surface area contributed by atoms with Crippen molar-refractivity contribution in [3.63, 3.8) is 0 Å². The summed E-state index contributed by atoms with van der Waals surface area (Å²) in [7, 11) is 1.57. The molecule has 2 aromatic rings. The molecule has 0 amide bonds. The summed E-state index contributed by atoms with van der Waals surface area (Å²) in [5.74, 6) is 2.52. The number of hydrogen-bond acceptors (Lipinski definition) is 7. The molecule has 1 fully saturated rings. The Morgan fingerprint density at radius 3 is 2.83 bits per heavy atom. The second-order valence-electron chi connectivity index (χ2n) is 6.41. The van der Waals surface area contributed by atoms with Crippen molar-refractivity contribution in [2.24, 2.45) is 0 Å². The van der Waals surface area contributed by atoms with Gasteiger partial charge in [-0.15, -0.1) is 0 Å². The molecule has 3 heterocycles. The molecule has 0 aliphatic carbocycles. The number of methoxy groups -OCH3 is 1. The van der Waals surface area contributed by atoms with E-state index in [9.17, 15) is 0 Å². The summed E-state index contributed by atoms with van der Waals surface area (Å²) in [6.07, 6.45) is 3.62. The SMILES string of the molecule is COc1nc(N)cc2nc(C(C)C)nc(NCC3CCCCO3)c12. The highest BCUT2D eigenvalue weighted by atomic mass is 16.5. The number of anilines is 2. The monoisotopic (exact) mass is 331 g/mol. The van der Waals surface area contributed by atoms with E-state index in [4.69, 9.17) is 15.2 Å². The fourth-order valence-electron chi connectivity index (χ4n) is 2.87. The van der Waals surface area contributed by atoms with Crippen molar-refractivity contribution in [2.75, 3.05) is 31.3 Å². The van der Waals surface area contributed by atoms with Gasteiger partial charge in [-0.2, -0.15) is 4.98 Å². The number of fused-ring (bicyclic) bond motifs is 1. The van der Waals surface area contributed by atoms with Crippen LogP contribution in [0.25, 0.3) is 10.9 Å². The zero-order valence-corrected chi connectivity index (χ0v) is 14.5. The third-order valence-electron chi connectivity index (χ3n) is 4.16. The molecule has 0 radical (unpaired) electrons. The molecule has 1 saturated heterocycles. The lowest BCUT2D eigenvalue weighted by Crippen LogP contribution is -2.27. The van der Waals surface area contributed by atoms with Crippen molar-refractivity contribution < 1.29 is 9.47 Å². The van der Waals surface area contributed by atoms with Crippen molar-refractivity contribution in [3.8, 4) is 5.88 Å². The maximum atomic E-state index is 5.88. The third kappa shape index (κ3) is 3.51. The highest BCUT2D eigenvalue weighted by molar-refractivity contribution is 5.94. The summed E-state index contributed by atoms with van der Waals surface area (Å²) in [4.78, 5) is 13.6. The van der Waals surface area contributed by atoms with Crippen LogP contribution < -0.4 is 15.8 Å². The second-order valence-corrected chi connectivity index (χ2v) is 6.41. The Labute approximate surface area is 142 Å². The van der Waals surface area contributed by atoms with E-state index in [-0.39, 0.29) is 12.0 Å². The fourth-order valence-corrected chi connectivity index (χ4v) is 2.87. The minimum atomic E-state index is 0.207. The average molecular weight is 331 g/mol. The molecule has 3 rings (SSSR count). The molecule has 0 aromatic carbocycles. The fraction of sp³-hybridized carbons (Fsp3) is 0.588. The first-order valence-electron chi connectivity index (χ1n) is 8.46. The highest BCUT2D eigenvalue weighted by Crippen LogP contribution is 2.31. The summed E-state index contributed by atoms with van der Waals surface area (Å²) < 4.78 is 11.2. The number of rotatable bonds is 5. The van der Waals surface area contributed by atoms with Gasteiger partial charge in [0.05, 0.1) is 18.7 Å². The maximum Gasteiger partial charge on any atom is 0.228 e. The van der Waals surface area contributed by atoms with Crippen molar-refractivity contribution in [1.29, 1.82) is 0 Å². The minimum absolute atomic E-state index is 0.207. The Bertz CT molecular complexity index is 714. The number of hydrogen-bond donors (Lipinski definition) is 2. The molecule has 0 spiro atoms. The van der Waals surface area contributed by atoms with Gasteiger partial charge in [0.2, 0.25) is 5.88 Å². The van der Waals surface area contributed by atoms with Crippen LogP contribution in [0.4, 0.5) is 11.6 Å². The number of nitrogens with zero attached hydrogens (tertiary/aromatic N) is 3. The van der Waals surface area contributed by atoms with Gasteiger partial charge in [-0.3, -0.25) is 0 Å². The predicted octanol–water partition coefficient (Wildman–Crippen LogP) is 2.72. The third-order valence-corrected chi connectivity index (χ3v) is 4.16. The lowest BCUT2D eigenvalue weighted by atomic mass is 10.1. The van der Waals surface area contributed by atoms with Gasteiger partial charge in [0.1, 0.15) is 22.8 Å². The molecule has 24 heavy (non-hydrogen) atoms. The molecule has 7 heteroatoms. The van der Waals surface area contributed by atoms with E-state index >= 15 is 0 Å². The predicted molar refractivity (Wildman–Crippen MR) is 94.5 cm³/mol. The largest absolute Gasteiger partial charge is 0.480 e. The van der Waals surface area contributed by atoms with Crippen LogP contribution in [0, 0.1) is 0 Å². The standard InChI is InChI=1S/C17H25N5O2/c1-10(2)15-20-12-8-13(18)21-17(23-3)14(12)16(22-15)19-9-11-6-4-5-7-24-11/h8,10-11H,4-7,9H2,1-3H3,(H2,18,21)(H,19,20,22). The number of nitrogens with two attached hydrogens (primary N) is 1. The van der Waals surface area contributed by atoms with Gasteiger partial charge in [-0.1, -0.05) is 13.8 Å². The molecule has 1 aliphatic rings. The highest BCUT2D eigenvalue weighted by Gasteiger charge is 2.19. The Kier molecular flexibility index (Phi) is 4.99. The Morgan fingerprint density at radius 1 is 1.33 bits per heavy atom. The van der Waals surface area contributed by atoms with Gasteiger partial charge in [0.25, 0.3) is 0 Å². The molecular weight excluding hydrogens is 306 g/mol. The van der Waals surface area contributed by atoms with Crippen LogP contribution in [0.3, 0.4) is 0 Å². The minimum Gasteiger partial charge on any atom is -0.480 e. The van der Waals surface area contributed by atoms with Crippen molar-refractivity contribution in [1.82, 2.24) is 15.0 Å². The average Bonchev–Trinajstić information content (AvgIpc) is 2.59. The zero-order valence-electron chi connectivity index (χ0n) is 14.5. The molecular formula is C17H25N5O2. The lowest BCUT2D eigenvalue weighted by molar-refractivity contribution is 0.0247.